The molecular weight excluding hydrogens is 402 g/mol. The summed E-state index contributed by atoms with van der Waals surface area (Å²) in [6, 6.07) is 17.8. The third-order valence-electron chi connectivity index (χ3n) is 6.15. The molecule has 4 aromatic rings. The monoisotopic (exact) mass is 423 g/mol. The normalized spacial score (nSPS) is 17.1. The molecule has 2 aromatic heterocycles. The van der Waals surface area contributed by atoms with E-state index in [-0.39, 0.29) is 18.7 Å². The molecule has 6 heteroatoms. The Morgan fingerprint density at radius 3 is 2.81 bits per heavy atom. The Balaban J connectivity index is 1.44. The summed E-state index contributed by atoms with van der Waals surface area (Å²) >= 11 is 0. The predicted molar refractivity (Wildman–Crippen MR) is 121 cm³/mol. The molecule has 1 amide bonds. The molecule has 2 aliphatic rings. The first-order valence-corrected chi connectivity index (χ1v) is 10.7. The lowest BCUT2D eigenvalue weighted by Gasteiger charge is -2.35. The first-order valence-electron chi connectivity index (χ1n) is 10.7. The zero-order chi connectivity index (χ0) is 21.5. The van der Waals surface area contributed by atoms with Gasteiger partial charge in [-0.05, 0) is 59.5 Å². The van der Waals surface area contributed by atoms with E-state index in [2.05, 4.69) is 28.2 Å². The van der Waals surface area contributed by atoms with Crippen molar-refractivity contribution in [1.82, 2.24) is 14.9 Å². The maximum absolute atomic E-state index is 13.4. The van der Waals surface area contributed by atoms with Crippen molar-refractivity contribution >= 4 is 22.9 Å². The van der Waals surface area contributed by atoms with Gasteiger partial charge in [0.2, 0.25) is 12.7 Å². The van der Waals surface area contributed by atoms with Gasteiger partial charge < -0.3 is 19.4 Å². The van der Waals surface area contributed by atoms with Crippen LogP contribution in [0.3, 0.4) is 0 Å². The van der Waals surface area contributed by atoms with Crippen LogP contribution in [0.5, 0.6) is 11.5 Å². The quantitative estimate of drug-likeness (QED) is 0.494. The molecule has 6 nitrogen and oxygen atoms in total. The van der Waals surface area contributed by atoms with E-state index in [1.165, 1.54) is 10.9 Å². The second kappa shape index (κ2) is 7.57. The molecule has 0 radical (unpaired) electrons. The fraction of sp³-hybridized carbons (Fsp3) is 0.154. The van der Waals surface area contributed by atoms with E-state index in [4.69, 9.17) is 9.47 Å². The number of aromatic amines is 1. The first kappa shape index (κ1) is 18.7. The number of fused-ring (bicyclic) bond motifs is 4. The van der Waals surface area contributed by atoms with Crippen LogP contribution in [0.2, 0.25) is 0 Å². The highest BCUT2D eigenvalue weighted by molar-refractivity contribution is 5.93. The fourth-order valence-electron chi connectivity index (χ4n) is 4.65. The lowest BCUT2D eigenvalue weighted by Crippen LogP contribution is -2.39. The van der Waals surface area contributed by atoms with Gasteiger partial charge >= 0.3 is 0 Å². The predicted octanol–water partition coefficient (Wildman–Crippen LogP) is 4.48. The molecule has 6 rings (SSSR count). The van der Waals surface area contributed by atoms with Crippen LogP contribution >= 0.6 is 0 Å². The summed E-state index contributed by atoms with van der Waals surface area (Å²) in [4.78, 5) is 22.9. The van der Waals surface area contributed by atoms with E-state index >= 15 is 0 Å². The topological polar surface area (TPSA) is 67.5 Å². The number of nitrogens with zero attached hydrogens (tertiary/aromatic N) is 2. The molecule has 2 aliphatic heterocycles. The van der Waals surface area contributed by atoms with Crippen molar-refractivity contribution in [3.8, 4) is 11.5 Å². The van der Waals surface area contributed by atoms with E-state index < -0.39 is 0 Å². The number of carbonyl (C=O) groups excluding carboxylic acids is 1. The van der Waals surface area contributed by atoms with Crippen LogP contribution in [0.15, 0.2) is 73.1 Å². The van der Waals surface area contributed by atoms with E-state index in [0.717, 1.165) is 34.5 Å². The summed E-state index contributed by atoms with van der Waals surface area (Å²) in [6.45, 7) is 0.853. The summed E-state index contributed by atoms with van der Waals surface area (Å²) in [5.74, 6) is 1.41. The van der Waals surface area contributed by atoms with Gasteiger partial charge in [-0.3, -0.25) is 9.78 Å². The van der Waals surface area contributed by atoms with Crippen LogP contribution in [0, 0.1) is 0 Å². The smallest absolute Gasteiger partial charge is 0.247 e. The van der Waals surface area contributed by atoms with E-state index in [1.807, 2.05) is 47.4 Å². The number of benzene rings is 2. The average molecular weight is 423 g/mol. The van der Waals surface area contributed by atoms with Crippen LogP contribution in [-0.4, -0.2) is 34.1 Å². The Bertz CT molecular complexity index is 1340. The standard InChI is InChI=1S/C26H21N3O3/c30-24(8-5-17-9-12-27-13-10-17)29-14-11-20-19-3-1-2-4-21(19)28-25(20)26(29)18-6-7-22-23(15-18)32-16-31-22/h1-10,12-13,15,26,28H,11,14,16H2. The number of nitrogens with one attached hydrogen (secondary N) is 1. The van der Waals surface area contributed by atoms with Gasteiger partial charge in [-0.15, -0.1) is 0 Å². The molecule has 4 heterocycles. The second-order valence-corrected chi connectivity index (χ2v) is 7.97. The minimum Gasteiger partial charge on any atom is -0.454 e. The number of hydrogen-bond donors (Lipinski definition) is 1. The Kier molecular flexibility index (Phi) is 4.42. The summed E-state index contributed by atoms with van der Waals surface area (Å²) in [7, 11) is 0. The zero-order valence-corrected chi connectivity index (χ0v) is 17.3. The van der Waals surface area contributed by atoms with Crippen molar-refractivity contribution in [2.75, 3.05) is 13.3 Å². The van der Waals surface area contributed by atoms with Gasteiger partial charge in [0.1, 0.15) is 0 Å². The number of pyridine rings is 1. The van der Waals surface area contributed by atoms with Gasteiger partial charge in [0.25, 0.3) is 0 Å². The highest BCUT2D eigenvalue weighted by Crippen LogP contribution is 2.42. The van der Waals surface area contributed by atoms with E-state index in [1.54, 1.807) is 18.5 Å². The SMILES string of the molecule is O=C(C=Cc1ccncc1)N1CCc2c([nH]c3ccccc23)C1c1ccc2c(c1)OCO2. The first-order chi connectivity index (χ1) is 15.8. The van der Waals surface area contributed by atoms with Crippen molar-refractivity contribution < 1.29 is 14.3 Å². The highest BCUT2D eigenvalue weighted by atomic mass is 16.7. The van der Waals surface area contributed by atoms with Crippen LogP contribution in [-0.2, 0) is 11.2 Å². The number of para-hydroxylation sites is 1. The maximum atomic E-state index is 13.4. The minimum atomic E-state index is -0.241. The summed E-state index contributed by atoms with van der Waals surface area (Å²) < 4.78 is 11.1. The van der Waals surface area contributed by atoms with E-state index in [9.17, 15) is 4.79 Å². The average Bonchev–Trinajstić information content (AvgIpc) is 3.46. The number of H-pyrrole nitrogens is 1. The van der Waals surface area contributed by atoms with Crippen LogP contribution in [0.1, 0.15) is 28.4 Å². The van der Waals surface area contributed by atoms with Crippen LogP contribution in [0.4, 0.5) is 0 Å². The molecule has 0 saturated carbocycles. The lowest BCUT2D eigenvalue weighted by atomic mass is 9.92. The van der Waals surface area contributed by atoms with Gasteiger partial charge in [0.05, 0.1) is 6.04 Å². The molecular formula is C26H21N3O3. The van der Waals surface area contributed by atoms with Gasteiger partial charge in [0, 0.05) is 41.6 Å². The number of carbonyl (C=O) groups is 1. The molecule has 1 unspecified atom stereocenters. The largest absolute Gasteiger partial charge is 0.454 e. The van der Waals surface area contributed by atoms with Gasteiger partial charge in [-0.1, -0.05) is 24.3 Å². The molecule has 2 aromatic carbocycles. The van der Waals surface area contributed by atoms with E-state index in [0.29, 0.717) is 12.3 Å². The Morgan fingerprint density at radius 1 is 1.06 bits per heavy atom. The number of aromatic nitrogens is 2. The van der Waals surface area contributed by atoms with Crippen molar-refractivity contribution in [1.29, 1.82) is 0 Å². The van der Waals surface area contributed by atoms with Crippen molar-refractivity contribution in [2.24, 2.45) is 0 Å². The zero-order valence-electron chi connectivity index (χ0n) is 17.3. The fourth-order valence-corrected chi connectivity index (χ4v) is 4.65. The molecule has 0 bridgehead atoms. The number of hydrogen-bond acceptors (Lipinski definition) is 4. The highest BCUT2D eigenvalue weighted by Gasteiger charge is 2.34. The van der Waals surface area contributed by atoms with Gasteiger partial charge in [-0.2, -0.15) is 0 Å². The molecule has 0 saturated heterocycles. The molecule has 0 spiro atoms. The van der Waals surface area contributed by atoms with Crippen molar-refractivity contribution in [2.45, 2.75) is 12.5 Å². The summed E-state index contributed by atoms with van der Waals surface area (Å²) in [5, 5.41) is 1.22. The van der Waals surface area contributed by atoms with Crippen LogP contribution < -0.4 is 9.47 Å². The molecule has 32 heavy (non-hydrogen) atoms. The van der Waals surface area contributed by atoms with Gasteiger partial charge in [-0.25, -0.2) is 0 Å². The maximum Gasteiger partial charge on any atom is 0.247 e. The Labute approximate surface area is 185 Å². The minimum absolute atomic E-state index is 0.0335. The lowest BCUT2D eigenvalue weighted by molar-refractivity contribution is -0.128. The molecule has 1 N–H and O–H groups in total. The molecule has 0 aliphatic carbocycles. The number of amides is 1. The molecule has 1 atom stereocenters. The third-order valence-corrected chi connectivity index (χ3v) is 6.15. The van der Waals surface area contributed by atoms with Crippen LogP contribution in [0.25, 0.3) is 17.0 Å². The summed E-state index contributed by atoms with van der Waals surface area (Å²) in [5.41, 5.74) is 5.35. The van der Waals surface area contributed by atoms with Gasteiger partial charge in [0.15, 0.2) is 11.5 Å². The Morgan fingerprint density at radius 2 is 1.91 bits per heavy atom. The number of ether oxygens (including phenoxy) is 2. The van der Waals surface area contributed by atoms with Crippen molar-refractivity contribution in [3.05, 3.63) is 95.5 Å². The van der Waals surface area contributed by atoms with Crippen molar-refractivity contribution in [3.63, 3.8) is 0 Å². The molecule has 0 fully saturated rings. The second-order valence-electron chi connectivity index (χ2n) is 7.97. The number of rotatable bonds is 3. The Hall–Kier alpha value is -4.06. The summed E-state index contributed by atoms with van der Waals surface area (Å²) in [6.07, 6.45) is 7.72. The third kappa shape index (κ3) is 3.12. The molecule has 158 valence electrons.